The second kappa shape index (κ2) is 14.6. The van der Waals surface area contributed by atoms with Crippen molar-refractivity contribution in [3.8, 4) is 39.2 Å². The predicted molar refractivity (Wildman–Crippen MR) is 284 cm³/mol. The highest BCUT2D eigenvalue weighted by atomic mass is 16.3. The van der Waals surface area contributed by atoms with Crippen LogP contribution in [0.3, 0.4) is 0 Å². The molecule has 0 radical (unpaired) electrons. The molecule has 68 heavy (non-hydrogen) atoms. The molecule has 0 spiro atoms. The molecule has 1 aliphatic carbocycles. The number of pyridine rings is 1. The van der Waals surface area contributed by atoms with Gasteiger partial charge in [0.05, 0.1) is 22.2 Å². The fraction of sp³-hybridized carbons (Fsp3) is 0.0469. The summed E-state index contributed by atoms with van der Waals surface area (Å²) in [6, 6.07) is 81.3. The lowest BCUT2D eigenvalue weighted by Gasteiger charge is -2.28. The van der Waals surface area contributed by atoms with E-state index in [1.54, 1.807) is 0 Å². The lowest BCUT2D eigenvalue weighted by atomic mass is 9.82. The molecule has 1 aliphatic rings. The van der Waals surface area contributed by atoms with Crippen LogP contribution < -0.4 is 4.90 Å². The summed E-state index contributed by atoms with van der Waals surface area (Å²) in [7, 11) is 0. The van der Waals surface area contributed by atoms with E-state index in [1.807, 2.05) is 6.07 Å². The van der Waals surface area contributed by atoms with Crippen molar-refractivity contribution in [2.75, 3.05) is 4.90 Å². The van der Waals surface area contributed by atoms with Gasteiger partial charge in [-0.05, 0) is 112 Å². The highest BCUT2D eigenvalue weighted by Gasteiger charge is 2.36. The van der Waals surface area contributed by atoms with Crippen molar-refractivity contribution in [2.24, 2.45) is 0 Å². The lowest BCUT2D eigenvalue weighted by Crippen LogP contribution is -2.16. The molecule has 0 bridgehead atoms. The largest absolute Gasteiger partial charge is 0.455 e. The average molecular weight is 870 g/mol. The van der Waals surface area contributed by atoms with Crippen LogP contribution >= 0.6 is 0 Å². The van der Waals surface area contributed by atoms with Crippen molar-refractivity contribution in [3.63, 3.8) is 0 Å². The maximum atomic E-state index is 6.64. The van der Waals surface area contributed by atoms with Gasteiger partial charge in [-0.15, -0.1) is 0 Å². The first kappa shape index (κ1) is 38.5. The van der Waals surface area contributed by atoms with Crippen LogP contribution in [-0.4, -0.2) is 9.55 Å². The Morgan fingerprint density at radius 2 is 1.03 bits per heavy atom. The molecule has 4 heteroatoms. The van der Waals surface area contributed by atoms with Crippen molar-refractivity contribution in [2.45, 2.75) is 19.3 Å². The fourth-order valence-electron chi connectivity index (χ4n) is 11.3. The number of fused-ring (bicyclic) bond motifs is 13. The first-order valence-electron chi connectivity index (χ1n) is 23.4. The number of anilines is 3. The molecule has 0 unspecified atom stereocenters. The zero-order valence-electron chi connectivity index (χ0n) is 37.6. The summed E-state index contributed by atoms with van der Waals surface area (Å²) in [6.45, 7) is 4.70. The highest BCUT2D eigenvalue weighted by Crippen LogP contribution is 2.51. The molecular weight excluding hydrogens is 827 g/mol. The lowest BCUT2D eigenvalue weighted by molar-refractivity contribution is 0.660. The van der Waals surface area contributed by atoms with E-state index in [4.69, 9.17) is 9.40 Å². The van der Waals surface area contributed by atoms with Gasteiger partial charge in [0.1, 0.15) is 11.2 Å². The third-order valence-electron chi connectivity index (χ3n) is 14.6. The Hall–Kier alpha value is -8.73. The van der Waals surface area contributed by atoms with Crippen LogP contribution in [0.4, 0.5) is 17.1 Å². The van der Waals surface area contributed by atoms with E-state index >= 15 is 0 Å². The predicted octanol–water partition coefficient (Wildman–Crippen LogP) is 17.5. The first-order valence-corrected chi connectivity index (χ1v) is 23.4. The van der Waals surface area contributed by atoms with Crippen molar-refractivity contribution in [3.05, 3.63) is 236 Å². The molecule has 0 saturated heterocycles. The maximum absolute atomic E-state index is 6.64. The van der Waals surface area contributed by atoms with E-state index in [2.05, 4.69) is 242 Å². The second-order valence-corrected chi connectivity index (χ2v) is 18.7. The maximum Gasteiger partial charge on any atom is 0.144 e. The van der Waals surface area contributed by atoms with E-state index in [0.717, 1.165) is 83.2 Å². The van der Waals surface area contributed by atoms with Crippen LogP contribution in [0.15, 0.2) is 229 Å². The van der Waals surface area contributed by atoms with Gasteiger partial charge in [-0.1, -0.05) is 159 Å². The molecule has 10 aromatic carbocycles. The van der Waals surface area contributed by atoms with Gasteiger partial charge in [-0.3, -0.25) is 0 Å². The molecule has 3 heterocycles. The summed E-state index contributed by atoms with van der Waals surface area (Å²) in [5, 5.41) is 7.98. The molecule has 0 amide bonds. The molecule has 13 aromatic rings. The molecular formula is C64H43N3O. The minimum absolute atomic E-state index is 0.143. The number of para-hydroxylation sites is 4. The molecule has 0 saturated carbocycles. The minimum Gasteiger partial charge on any atom is -0.455 e. The molecule has 0 atom stereocenters. The zero-order valence-corrected chi connectivity index (χ0v) is 37.6. The number of hydrogen-bond donors (Lipinski definition) is 0. The van der Waals surface area contributed by atoms with Gasteiger partial charge >= 0.3 is 0 Å². The summed E-state index contributed by atoms with van der Waals surface area (Å²) in [5.74, 6) is 0. The van der Waals surface area contributed by atoms with Gasteiger partial charge < -0.3 is 13.9 Å². The summed E-state index contributed by atoms with van der Waals surface area (Å²) < 4.78 is 9.02. The second-order valence-electron chi connectivity index (χ2n) is 18.7. The molecule has 0 aliphatic heterocycles. The first-order chi connectivity index (χ1) is 33.5. The van der Waals surface area contributed by atoms with E-state index in [-0.39, 0.29) is 5.41 Å². The normalized spacial score (nSPS) is 13.0. The number of aromatic nitrogens is 2. The summed E-state index contributed by atoms with van der Waals surface area (Å²) in [5.41, 5.74) is 19.0. The van der Waals surface area contributed by atoms with Gasteiger partial charge in [-0.25, -0.2) is 4.98 Å². The molecule has 0 fully saturated rings. The fourth-order valence-corrected chi connectivity index (χ4v) is 11.3. The monoisotopic (exact) mass is 869 g/mol. The SMILES string of the molecule is CC1(C)c2ccccc2-c2ccc(N(c3ccc(-c4ccc5c6ccccc6n(-c6ccccc6)c5c4)cc3)c3ccc(-c4nc5ccccc5c5c4ccc4c6ccccc6oc45)cc3)cc21. The highest BCUT2D eigenvalue weighted by molar-refractivity contribution is 6.24. The Labute approximate surface area is 393 Å². The quantitative estimate of drug-likeness (QED) is 0.156. The van der Waals surface area contributed by atoms with Gasteiger partial charge in [0.25, 0.3) is 0 Å². The molecule has 4 nitrogen and oxygen atoms in total. The van der Waals surface area contributed by atoms with Crippen molar-refractivity contribution >= 4 is 82.5 Å². The topological polar surface area (TPSA) is 34.2 Å². The summed E-state index contributed by atoms with van der Waals surface area (Å²) >= 11 is 0. The third-order valence-corrected chi connectivity index (χ3v) is 14.6. The Bertz CT molecular complexity index is 4160. The summed E-state index contributed by atoms with van der Waals surface area (Å²) in [4.78, 5) is 7.73. The van der Waals surface area contributed by atoms with E-state index < -0.39 is 0 Å². The number of rotatable bonds is 6. The third kappa shape index (κ3) is 5.71. The van der Waals surface area contributed by atoms with Crippen LogP contribution in [0.5, 0.6) is 0 Å². The van der Waals surface area contributed by atoms with Crippen molar-refractivity contribution in [1.82, 2.24) is 9.55 Å². The molecule has 320 valence electrons. The zero-order chi connectivity index (χ0) is 45.1. The van der Waals surface area contributed by atoms with Gasteiger partial charge in [0.15, 0.2) is 0 Å². The Morgan fingerprint density at radius 3 is 1.85 bits per heavy atom. The van der Waals surface area contributed by atoms with Crippen LogP contribution in [0.1, 0.15) is 25.0 Å². The van der Waals surface area contributed by atoms with E-state index in [0.29, 0.717) is 0 Å². The van der Waals surface area contributed by atoms with Crippen LogP contribution in [-0.2, 0) is 5.41 Å². The van der Waals surface area contributed by atoms with Crippen molar-refractivity contribution in [1.29, 1.82) is 0 Å². The molecule has 14 rings (SSSR count). The average Bonchev–Trinajstić information content (AvgIpc) is 4.02. The van der Waals surface area contributed by atoms with E-state index in [1.165, 1.54) is 49.6 Å². The van der Waals surface area contributed by atoms with Crippen molar-refractivity contribution < 1.29 is 4.42 Å². The standard InChI is InChI=1S/C64H43N3O/c1-64(2)55-20-10-6-16-47(55)48-35-33-46(39-56(48)64)66(44-29-24-40(25-30-44)42-28-34-50-49-17-8-12-22-58(49)67(59(50)38-42)43-14-4-3-5-15-43)45-31-26-41(27-32-45)62-54-37-36-52-51-18-9-13-23-60(51)68-63(52)61(54)53-19-7-11-21-57(53)65-62/h3-39H,1-2H3. The number of nitrogens with zero attached hydrogens (tertiary/aromatic N) is 3. The van der Waals surface area contributed by atoms with E-state index in [9.17, 15) is 0 Å². The Kier molecular flexibility index (Phi) is 8.29. The van der Waals surface area contributed by atoms with Crippen LogP contribution in [0.25, 0.3) is 105 Å². The molecule has 0 N–H and O–H groups in total. The number of furan rings is 1. The van der Waals surface area contributed by atoms with Crippen LogP contribution in [0, 0.1) is 0 Å². The Morgan fingerprint density at radius 1 is 0.426 bits per heavy atom. The summed E-state index contributed by atoms with van der Waals surface area (Å²) in [6.07, 6.45) is 0. The smallest absolute Gasteiger partial charge is 0.144 e. The van der Waals surface area contributed by atoms with Gasteiger partial charge in [-0.2, -0.15) is 0 Å². The number of hydrogen-bond acceptors (Lipinski definition) is 3. The number of benzene rings is 10. The Balaban J connectivity index is 0.903. The minimum atomic E-state index is -0.143. The van der Waals surface area contributed by atoms with Crippen LogP contribution in [0.2, 0.25) is 0 Å². The molecule has 3 aromatic heterocycles. The van der Waals surface area contributed by atoms with Gasteiger partial charge in [0, 0.05) is 71.4 Å². The van der Waals surface area contributed by atoms with Gasteiger partial charge in [0.2, 0.25) is 0 Å².